The second-order valence-electron chi connectivity index (χ2n) is 4.84. The van der Waals surface area contributed by atoms with Crippen molar-refractivity contribution in [3.63, 3.8) is 0 Å². The van der Waals surface area contributed by atoms with Crippen molar-refractivity contribution in [2.75, 3.05) is 11.1 Å². The number of amides is 1. The number of benzene rings is 1. The number of nitrogens with zero attached hydrogens (tertiary/aromatic N) is 3. The van der Waals surface area contributed by atoms with Crippen LogP contribution in [0.1, 0.15) is 11.7 Å². The third-order valence-electron chi connectivity index (χ3n) is 2.86. The molecule has 0 unspecified atom stereocenters. The highest BCUT2D eigenvalue weighted by Gasteiger charge is 2.12. The third kappa shape index (κ3) is 4.97. The maximum Gasteiger partial charge on any atom is 0.277 e. The lowest BCUT2D eigenvalue weighted by Crippen LogP contribution is -2.14. The minimum Gasteiger partial charge on any atom is -0.482 e. The van der Waals surface area contributed by atoms with E-state index in [4.69, 9.17) is 25.3 Å². The number of ether oxygens (including phenoxy) is 1. The lowest BCUT2D eigenvalue weighted by molar-refractivity contribution is -0.113. The van der Waals surface area contributed by atoms with Gasteiger partial charge >= 0.3 is 0 Å². The summed E-state index contributed by atoms with van der Waals surface area (Å²) in [7, 11) is 0. The molecule has 0 aliphatic carbocycles. The van der Waals surface area contributed by atoms with Crippen LogP contribution < -0.4 is 10.1 Å². The van der Waals surface area contributed by atoms with E-state index in [0.29, 0.717) is 22.4 Å². The summed E-state index contributed by atoms with van der Waals surface area (Å²) in [6, 6.07) is 8.71. The van der Waals surface area contributed by atoms with Crippen molar-refractivity contribution in [1.82, 2.24) is 15.4 Å². The molecule has 0 bridgehead atoms. The first-order valence-electron chi connectivity index (χ1n) is 7.16. The highest BCUT2D eigenvalue weighted by Crippen LogP contribution is 2.24. The van der Waals surface area contributed by atoms with E-state index in [1.54, 1.807) is 25.1 Å². The smallest absolute Gasteiger partial charge is 0.277 e. The normalized spacial score (nSPS) is 10.6. The van der Waals surface area contributed by atoms with Crippen molar-refractivity contribution in [2.24, 2.45) is 0 Å². The van der Waals surface area contributed by atoms with Gasteiger partial charge in [0.1, 0.15) is 11.5 Å². The van der Waals surface area contributed by atoms with Gasteiger partial charge < -0.3 is 19.0 Å². The van der Waals surface area contributed by atoms with Gasteiger partial charge in [0.2, 0.25) is 5.91 Å². The summed E-state index contributed by atoms with van der Waals surface area (Å²) in [6.07, 6.45) is 0. The van der Waals surface area contributed by atoms with E-state index in [-0.39, 0.29) is 29.4 Å². The van der Waals surface area contributed by atoms with Gasteiger partial charge in [0, 0.05) is 6.07 Å². The number of aromatic nitrogens is 3. The van der Waals surface area contributed by atoms with E-state index in [1.807, 2.05) is 12.1 Å². The minimum absolute atomic E-state index is 0.0850. The van der Waals surface area contributed by atoms with E-state index < -0.39 is 0 Å². The molecule has 2 heterocycles. The number of para-hydroxylation sites is 1. The lowest BCUT2D eigenvalue weighted by Gasteiger charge is -2.04. The zero-order chi connectivity index (χ0) is 17.6. The number of rotatable bonds is 7. The van der Waals surface area contributed by atoms with Crippen molar-refractivity contribution in [2.45, 2.75) is 18.8 Å². The highest BCUT2D eigenvalue weighted by molar-refractivity contribution is 7.99. The largest absolute Gasteiger partial charge is 0.482 e. The van der Waals surface area contributed by atoms with Crippen molar-refractivity contribution >= 4 is 35.1 Å². The predicted molar refractivity (Wildman–Crippen MR) is 90.7 cm³/mol. The molecular weight excluding hydrogens is 368 g/mol. The molecule has 3 rings (SSSR count). The van der Waals surface area contributed by atoms with Gasteiger partial charge in [0.15, 0.2) is 12.4 Å². The molecule has 1 N–H and O–H groups in total. The van der Waals surface area contributed by atoms with Crippen molar-refractivity contribution in [3.8, 4) is 5.75 Å². The van der Waals surface area contributed by atoms with Gasteiger partial charge in [-0.05, 0) is 19.1 Å². The van der Waals surface area contributed by atoms with Crippen molar-refractivity contribution in [1.29, 1.82) is 0 Å². The zero-order valence-electron chi connectivity index (χ0n) is 13.1. The van der Waals surface area contributed by atoms with Crippen molar-refractivity contribution < 1.29 is 18.5 Å². The number of anilines is 1. The number of hydrogen-bond acceptors (Lipinski definition) is 8. The Hall–Kier alpha value is -2.52. The molecule has 3 aromatic rings. The quantitative estimate of drug-likeness (QED) is 0.622. The number of thioether (sulfide) groups is 1. The Labute approximate surface area is 151 Å². The first kappa shape index (κ1) is 17.3. The second-order valence-corrected chi connectivity index (χ2v) is 6.17. The number of aryl methyl sites for hydroxylation is 1. The van der Waals surface area contributed by atoms with Crippen LogP contribution in [0, 0.1) is 6.92 Å². The zero-order valence-corrected chi connectivity index (χ0v) is 14.6. The third-order valence-corrected chi connectivity index (χ3v) is 3.99. The van der Waals surface area contributed by atoms with Gasteiger partial charge in [-0.15, -0.1) is 10.2 Å². The van der Waals surface area contributed by atoms with Gasteiger partial charge in [-0.2, -0.15) is 0 Å². The van der Waals surface area contributed by atoms with Crippen LogP contribution in [0.4, 0.5) is 5.82 Å². The number of carbonyl (C=O) groups excluding carboxylic acids is 1. The molecule has 0 fully saturated rings. The van der Waals surface area contributed by atoms with Crippen LogP contribution in [0.25, 0.3) is 0 Å². The Bertz CT molecular complexity index is 867. The predicted octanol–water partition coefficient (Wildman–Crippen LogP) is 3.33. The molecule has 25 heavy (non-hydrogen) atoms. The molecule has 2 aromatic heterocycles. The van der Waals surface area contributed by atoms with Gasteiger partial charge in [0.05, 0.1) is 10.8 Å². The minimum atomic E-state index is -0.259. The summed E-state index contributed by atoms with van der Waals surface area (Å²) >= 11 is 7.10. The van der Waals surface area contributed by atoms with Crippen LogP contribution in [-0.2, 0) is 11.4 Å². The summed E-state index contributed by atoms with van der Waals surface area (Å²) in [5.41, 5.74) is 0. The average molecular weight is 381 g/mol. The topological polar surface area (TPSA) is 103 Å². The molecule has 10 heteroatoms. The Kier molecular flexibility index (Phi) is 5.56. The monoisotopic (exact) mass is 380 g/mol. The molecule has 8 nitrogen and oxygen atoms in total. The first-order chi connectivity index (χ1) is 12.1. The number of carbonyl (C=O) groups is 1. The average Bonchev–Trinajstić information content (AvgIpc) is 3.21. The molecule has 0 aliphatic heterocycles. The van der Waals surface area contributed by atoms with Crippen molar-refractivity contribution in [3.05, 3.63) is 47.0 Å². The van der Waals surface area contributed by atoms with Crippen LogP contribution in [-0.4, -0.2) is 27.0 Å². The molecule has 0 saturated carbocycles. The van der Waals surface area contributed by atoms with Crippen LogP contribution in [0.2, 0.25) is 5.02 Å². The molecule has 0 saturated heterocycles. The second kappa shape index (κ2) is 8.04. The van der Waals surface area contributed by atoms with E-state index in [2.05, 4.69) is 20.7 Å². The fourth-order valence-corrected chi connectivity index (χ4v) is 2.56. The molecule has 0 radical (unpaired) electrons. The van der Waals surface area contributed by atoms with E-state index in [9.17, 15) is 4.79 Å². The fraction of sp³-hybridized carbons (Fsp3) is 0.200. The lowest BCUT2D eigenvalue weighted by atomic mass is 10.3. The van der Waals surface area contributed by atoms with Crippen LogP contribution in [0.5, 0.6) is 5.75 Å². The number of halogens is 1. The Balaban J connectivity index is 1.46. The molecule has 1 aromatic carbocycles. The van der Waals surface area contributed by atoms with Crippen LogP contribution in [0.3, 0.4) is 0 Å². The Morgan fingerprint density at radius 3 is 2.96 bits per heavy atom. The van der Waals surface area contributed by atoms with Gasteiger partial charge in [-0.3, -0.25) is 4.79 Å². The molecule has 130 valence electrons. The van der Waals surface area contributed by atoms with E-state index in [1.165, 1.54) is 0 Å². The van der Waals surface area contributed by atoms with E-state index >= 15 is 0 Å². The maximum absolute atomic E-state index is 11.8. The molecule has 0 spiro atoms. The summed E-state index contributed by atoms with van der Waals surface area (Å²) < 4.78 is 15.8. The molecule has 0 atom stereocenters. The number of nitrogens with one attached hydrogen (secondary N) is 1. The summed E-state index contributed by atoms with van der Waals surface area (Å²) in [5, 5.41) is 14.8. The molecule has 0 aliphatic rings. The highest BCUT2D eigenvalue weighted by atomic mass is 35.5. The first-order valence-corrected chi connectivity index (χ1v) is 8.52. The summed E-state index contributed by atoms with van der Waals surface area (Å²) in [6.45, 7) is 1.82. The summed E-state index contributed by atoms with van der Waals surface area (Å²) in [4.78, 5) is 11.8. The molecule has 1 amide bonds. The Morgan fingerprint density at radius 1 is 1.36 bits per heavy atom. The number of hydrogen-bond donors (Lipinski definition) is 1. The van der Waals surface area contributed by atoms with E-state index in [0.717, 1.165) is 11.8 Å². The van der Waals surface area contributed by atoms with Gasteiger partial charge in [-0.1, -0.05) is 40.7 Å². The SMILES string of the molecule is Cc1cc(NC(=O)CSc2nnc(COc3ccccc3Cl)o2)no1. The fourth-order valence-electron chi connectivity index (χ4n) is 1.79. The summed E-state index contributed by atoms with van der Waals surface area (Å²) in [5.74, 6) is 1.63. The van der Waals surface area contributed by atoms with Crippen LogP contribution in [0.15, 0.2) is 44.5 Å². The molecular formula is C15H13ClN4O4S. The van der Waals surface area contributed by atoms with Crippen LogP contribution >= 0.6 is 23.4 Å². The maximum atomic E-state index is 11.8. The van der Waals surface area contributed by atoms with Gasteiger partial charge in [-0.25, -0.2) is 0 Å². The Morgan fingerprint density at radius 2 is 2.20 bits per heavy atom. The van der Waals surface area contributed by atoms with Gasteiger partial charge in [0.25, 0.3) is 11.1 Å². The standard InChI is InChI=1S/C15H13ClN4O4S/c1-9-6-12(20-24-9)17-13(21)8-25-15-19-18-14(23-15)7-22-11-5-3-2-4-10(11)16/h2-6H,7-8H2,1H3,(H,17,20,21).